The van der Waals surface area contributed by atoms with Gasteiger partial charge in [-0.05, 0) is 30.9 Å². The van der Waals surface area contributed by atoms with Crippen molar-refractivity contribution in [2.24, 2.45) is 5.92 Å². The van der Waals surface area contributed by atoms with Crippen molar-refractivity contribution in [2.75, 3.05) is 10.6 Å². The maximum absolute atomic E-state index is 12.7. The van der Waals surface area contributed by atoms with Crippen molar-refractivity contribution in [3.63, 3.8) is 0 Å². The van der Waals surface area contributed by atoms with Gasteiger partial charge in [-0.15, -0.1) is 0 Å². The molecule has 1 aromatic rings. The number of hydrogen-bond acceptors (Lipinski definition) is 2. The fraction of sp³-hybridized carbons (Fsp3) is 0.250. The first kappa shape index (κ1) is 15.0. The predicted molar refractivity (Wildman–Crippen MR) is 80.4 cm³/mol. The van der Waals surface area contributed by atoms with Gasteiger partial charge in [-0.2, -0.15) is 0 Å². The molecule has 2 N–H and O–H groups in total. The number of carbonyl (C=O) groups excluding carboxylic acids is 2. The molecule has 0 bridgehead atoms. The van der Waals surface area contributed by atoms with Gasteiger partial charge in [0.15, 0.2) is 5.83 Å². The highest BCUT2D eigenvalue weighted by atomic mass is 19.1. The van der Waals surface area contributed by atoms with Crippen LogP contribution >= 0.6 is 0 Å². The Kier molecular flexibility index (Phi) is 4.87. The lowest BCUT2D eigenvalue weighted by Crippen LogP contribution is -2.18. The Morgan fingerprint density at radius 1 is 1.24 bits per heavy atom. The molecular formula is C16H17FN2O2. The molecule has 5 heteroatoms. The Labute approximate surface area is 122 Å². The summed E-state index contributed by atoms with van der Waals surface area (Å²) in [6, 6.07) is 6.65. The van der Waals surface area contributed by atoms with Crippen molar-refractivity contribution < 1.29 is 14.0 Å². The second kappa shape index (κ2) is 6.83. The van der Waals surface area contributed by atoms with Gasteiger partial charge >= 0.3 is 0 Å². The molecule has 0 saturated heterocycles. The Bertz CT molecular complexity index is 596. The van der Waals surface area contributed by atoms with Crippen LogP contribution in [-0.4, -0.2) is 11.8 Å². The minimum atomic E-state index is -1.08. The average Bonchev–Trinajstić information content (AvgIpc) is 2.93. The smallest absolute Gasteiger partial charge is 0.283 e. The number of hydrogen-bond donors (Lipinski definition) is 2. The van der Waals surface area contributed by atoms with E-state index in [0.29, 0.717) is 17.8 Å². The van der Waals surface area contributed by atoms with Crippen molar-refractivity contribution in [1.82, 2.24) is 0 Å². The lowest BCUT2D eigenvalue weighted by molar-refractivity contribution is -0.117. The number of benzene rings is 1. The maximum atomic E-state index is 12.7. The third kappa shape index (κ3) is 4.27. The molecule has 1 atom stereocenters. The molecule has 4 nitrogen and oxygen atoms in total. The summed E-state index contributed by atoms with van der Waals surface area (Å²) >= 11 is 0. The van der Waals surface area contributed by atoms with Crippen LogP contribution in [0, 0.1) is 5.92 Å². The van der Waals surface area contributed by atoms with Gasteiger partial charge in [0.1, 0.15) is 0 Å². The lowest BCUT2D eigenvalue weighted by Gasteiger charge is -2.13. The highest BCUT2D eigenvalue weighted by molar-refractivity contribution is 6.05. The number of rotatable bonds is 5. The number of anilines is 2. The van der Waals surface area contributed by atoms with E-state index in [1.165, 1.54) is 0 Å². The normalized spacial score (nSPS) is 16.5. The molecular weight excluding hydrogens is 271 g/mol. The van der Waals surface area contributed by atoms with Gasteiger partial charge < -0.3 is 10.6 Å². The molecule has 0 fully saturated rings. The molecule has 2 amide bonds. The van der Waals surface area contributed by atoms with Crippen LogP contribution in [0.5, 0.6) is 0 Å². The summed E-state index contributed by atoms with van der Waals surface area (Å²) in [6.45, 7) is 2.94. The van der Waals surface area contributed by atoms with Crippen LogP contribution in [0.15, 0.2) is 48.8 Å². The Morgan fingerprint density at radius 2 is 1.90 bits per heavy atom. The number of nitrogens with one attached hydrogen (secondary N) is 2. The highest BCUT2D eigenvalue weighted by Gasteiger charge is 2.16. The zero-order valence-corrected chi connectivity index (χ0v) is 11.6. The monoisotopic (exact) mass is 288 g/mol. The van der Waals surface area contributed by atoms with Gasteiger partial charge in [-0.1, -0.05) is 30.9 Å². The minimum Gasteiger partial charge on any atom is -0.324 e. The maximum Gasteiger partial charge on any atom is 0.283 e. The summed E-state index contributed by atoms with van der Waals surface area (Å²) in [5.74, 6) is -1.87. The van der Waals surface area contributed by atoms with E-state index >= 15 is 0 Å². The average molecular weight is 288 g/mol. The van der Waals surface area contributed by atoms with E-state index < -0.39 is 11.7 Å². The molecule has 2 rings (SSSR count). The molecule has 1 aromatic carbocycles. The summed E-state index contributed by atoms with van der Waals surface area (Å²) in [6.07, 6.45) is 6.49. The first-order chi connectivity index (χ1) is 10.1. The van der Waals surface area contributed by atoms with Crippen LogP contribution in [0.2, 0.25) is 0 Å². The molecule has 110 valence electrons. The number of halogens is 1. The zero-order valence-electron chi connectivity index (χ0n) is 11.6. The topological polar surface area (TPSA) is 58.2 Å². The van der Waals surface area contributed by atoms with E-state index in [0.717, 1.165) is 12.8 Å². The third-order valence-corrected chi connectivity index (χ3v) is 3.26. The van der Waals surface area contributed by atoms with Crippen LogP contribution in [0.1, 0.15) is 19.3 Å². The van der Waals surface area contributed by atoms with Gasteiger partial charge in [0, 0.05) is 6.42 Å². The molecule has 1 aliphatic rings. The van der Waals surface area contributed by atoms with E-state index in [2.05, 4.69) is 23.3 Å². The molecule has 0 aromatic heterocycles. The summed E-state index contributed by atoms with van der Waals surface area (Å²) in [5, 5.41) is 5.11. The highest BCUT2D eigenvalue weighted by Crippen LogP contribution is 2.24. The van der Waals surface area contributed by atoms with Crippen LogP contribution in [-0.2, 0) is 9.59 Å². The van der Waals surface area contributed by atoms with E-state index in [1.54, 1.807) is 24.3 Å². The first-order valence-electron chi connectivity index (χ1n) is 6.77. The van der Waals surface area contributed by atoms with Gasteiger partial charge in [-0.3, -0.25) is 9.59 Å². The molecule has 0 spiro atoms. The number of para-hydroxylation sites is 2. The second-order valence-electron chi connectivity index (χ2n) is 4.92. The minimum absolute atomic E-state index is 0.132. The van der Waals surface area contributed by atoms with Crippen molar-refractivity contribution in [2.45, 2.75) is 19.3 Å². The summed E-state index contributed by atoms with van der Waals surface area (Å²) in [7, 11) is 0. The van der Waals surface area contributed by atoms with Crippen molar-refractivity contribution >= 4 is 23.2 Å². The van der Waals surface area contributed by atoms with Crippen LogP contribution in [0.25, 0.3) is 0 Å². The molecule has 0 saturated carbocycles. The van der Waals surface area contributed by atoms with Gasteiger partial charge in [-0.25, -0.2) is 4.39 Å². The van der Waals surface area contributed by atoms with Crippen molar-refractivity contribution in [3.8, 4) is 0 Å². The van der Waals surface area contributed by atoms with E-state index in [9.17, 15) is 14.0 Å². The number of allylic oxidation sites excluding steroid dienone is 2. The molecule has 0 heterocycles. The van der Waals surface area contributed by atoms with E-state index in [4.69, 9.17) is 0 Å². The summed E-state index contributed by atoms with van der Waals surface area (Å²) in [4.78, 5) is 23.3. The van der Waals surface area contributed by atoms with Gasteiger partial charge in [0.05, 0.1) is 11.4 Å². The SMILES string of the molecule is C=C(F)C(=O)Nc1ccccc1NC(=O)CC1C=CCC1. The fourth-order valence-electron chi connectivity index (χ4n) is 2.20. The second-order valence-corrected chi connectivity index (χ2v) is 4.92. The van der Waals surface area contributed by atoms with Crippen LogP contribution in [0.4, 0.5) is 15.8 Å². The molecule has 0 radical (unpaired) electrons. The van der Waals surface area contributed by atoms with E-state index in [-0.39, 0.29) is 11.8 Å². The first-order valence-corrected chi connectivity index (χ1v) is 6.77. The molecule has 1 aliphatic carbocycles. The quantitative estimate of drug-likeness (QED) is 0.644. The van der Waals surface area contributed by atoms with Crippen LogP contribution in [0.3, 0.4) is 0 Å². The third-order valence-electron chi connectivity index (χ3n) is 3.26. The van der Waals surface area contributed by atoms with Crippen LogP contribution < -0.4 is 10.6 Å². The Hall–Kier alpha value is -2.43. The summed E-state index contributed by atoms with van der Waals surface area (Å²) in [5.41, 5.74) is 0.788. The Balaban J connectivity index is 2.02. The van der Waals surface area contributed by atoms with Gasteiger partial charge in [0.25, 0.3) is 5.91 Å². The number of carbonyl (C=O) groups is 2. The standard InChI is InChI=1S/C16H17FN2O2/c1-11(17)16(21)19-14-9-5-4-8-13(14)18-15(20)10-12-6-2-3-7-12/h2,4-6,8-9,12H,1,3,7,10H2,(H,18,20)(H,19,21). The largest absolute Gasteiger partial charge is 0.324 e. The summed E-state index contributed by atoms with van der Waals surface area (Å²) < 4.78 is 12.7. The Morgan fingerprint density at radius 3 is 2.48 bits per heavy atom. The van der Waals surface area contributed by atoms with Gasteiger partial charge in [0.2, 0.25) is 5.91 Å². The van der Waals surface area contributed by atoms with E-state index in [1.807, 2.05) is 6.08 Å². The predicted octanol–water partition coefficient (Wildman–Crippen LogP) is 3.40. The lowest BCUT2D eigenvalue weighted by atomic mass is 10.0. The molecule has 0 aliphatic heterocycles. The number of amides is 2. The van der Waals surface area contributed by atoms with Crippen molar-refractivity contribution in [1.29, 1.82) is 0 Å². The fourth-order valence-corrected chi connectivity index (χ4v) is 2.20. The molecule has 21 heavy (non-hydrogen) atoms. The van der Waals surface area contributed by atoms with Crippen molar-refractivity contribution in [3.05, 3.63) is 48.8 Å². The zero-order chi connectivity index (χ0) is 15.2. The molecule has 1 unspecified atom stereocenters.